The van der Waals surface area contributed by atoms with Crippen LogP contribution in [0.4, 0.5) is 0 Å². The molecule has 96 valence electrons. The van der Waals surface area contributed by atoms with E-state index >= 15 is 0 Å². The number of carbonyl (C=O) groups is 1. The third kappa shape index (κ3) is 3.04. The highest BCUT2D eigenvalue weighted by Gasteiger charge is 2.24. The summed E-state index contributed by atoms with van der Waals surface area (Å²) in [5.41, 5.74) is 0. The molecule has 0 unspecified atom stereocenters. The Morgan fingerprint density at radius 3 is 2.71 bits per heavy atom. The number of rotatable bonds is 5. The Bertz CT molecular complexity index is 494. The Kier molecular flexibility index (Phi) is 4.24. The molecule has 1 rings (SSSR count). The van der Waals surface area contributed by atoms with Gasteiger partial charge in [-0.3, -0.25) is 4.79 Å². The molecule has 1 amide bonds. The van der Waals surface area contributed by atoms with Crippen molar-refractivity contribution in [3.63, 3.8) is 0 Å². The van der Waals surface area contributed by atoms with Crippen molar-refractivity contribution in [2.45, 2.75) is 18.4 Å². The predicted molar refractivity (Wildman–Crippen MR) is 61.8 cm³/mol. The summed E-state index contributed by atoms with van der Waals surface area (Å²) in [5.74, 6) is 0.225. The molecular formula is C9H16N4O3S. The molecule has 2 N–H and O–H groups in total. The zero-order chi connectivity index (χ0) is 13.1. The third-order valence-corrected chi connectivity index (χ3v) is 3.99. The van der Waals surface area contributed by atoms with E-state index in [1.165, 1.54) is 20.3 Å². The van der Waals surface area contributed by atoms with Crippen molar-refractivity contribution < 1.29 is 13.2 Å². The number of hydrogen-bond acceptors (Lipinski definition) is 4. The Morgan fingerprint density at radius 1 is 1.59 bits per heavy atom. The second kappa shape index (κ2) is 5.28. The number of sulfonamides is 1. The molecule has 8 heteroatoms. The monoisotopic (exact) mass is 260 g/mol. The van der Waals surface area contributed by atoms with E-state index in [4.69, 9.17) is 0 Å². The molecule has 0 bridgehead atoms. The van der Waals surface area contributed by atoms with Crippen molar-refractivity contribution in [3.05, 3.63) is 12.0 Å². The van der Waals surface area contributed by atoms with E-state index in [0.29, 0.717) is 12.2 Å². The molecule has 0 aliphatic rings. The molecule has 1 aromatic rings. The van der Waals surface area contributed by atoms with Gasteiger partial charge in [0, 0.05) is 20.5 Å². The third-order valence-electron chi connectivity index (χ3n) is 2.27. The minimum absolute atomic E-state index is 0.000697. The Hall–Kier alpha value is -1.41. The first-order valence-electron chi connectivity index (χ1n) is 5.12. The molecule has 0 atom stereocenters. The topological polar surface area (TPSA) is 95.2 Å². The van der Waals surface area contributed by atoms with Crippen molar-refractivity contribution >= 4 is 15.9 Å². The number of amides is 1. The van der Waals surface area contributed by atoms with Crippen LogP contribution in [0.3, 0.4) is 0 Å². The summed E-state index contributed by atoms with van der Waals surface area (Å²) in [7, 11) is -0.882. The molecule has 0 spiro atoms. The molecule has 0 aliphatic carbocycles. The predicted octanol–water partition coefficient (Wildman–Crippen LogP) is -0.661. The molecular weight excluding hydrogens is 244 g/mol. The first-order valence-corrected chi connectivity index (χ1v) is 6.56. The summed E-state index contributed by atoms with van der Waals surface area (Å²) < 4.78 is 24.9. The minimum Gasteiger partial charge on any atom is -0.358 e. The summed E-state index contributed by atoms with van der Waals surface area (Å²) >= 11 is 0. The quantitative estimate of drug-likeness (QED) is 0.734. The highest BCUT2D eigenvalue weighted by molar-refractivity contribution is 7.89. The molecule has 0 aromatic carbocycles. The first kappa shape index (κ1) is 13.7. The molecule has 0 saturated carbocycles. The minimum atomic E-state index is -3.68. The Labute approximate surface area is 100 Å². The molecule has 0 fully saturated rings. The van der Waals surface area contributed by atoms with Crippen LogP contribution < -0.4 is 5.32 Å². The highest BCUT2D eigenvalue weighted by atomic mass is 32.2. The molecule has 0 saturated heterocycles. The van der Waals surface area contributed by atoms with E-state index < -0.39 is 10.0 Å². The van der Waals surface area contributed by atoms with Gasteiger partial charge in [0.1, 0.15) is 5.82 Å². The fourth-order valence-corrected chi connectivity index (χ4v) is 2.24. The van der Waals surface area contributed by atoms with Crippen molar-refractivity contribution in [1.82, 2.24) is 19.6 Å². The normalized spacial score (nSPS) is 11.8. The summed E-state index contributed by atoms with van der Waals surface area (Å²) in [5, 5.41) is 2.37. The number of aryl methyl sites for hydroxylation is 1. The number of aromatic nitrogens is 2. The first-order chi connectivity index (χ1) is 7.91. The zero-order valence-corrected chi connectivity index (χ0v) is 10.8. The standard InChI is InChI=1S/C9H16N4O3S/c1-4-7-11-5-9(12-7)17(15,16)13(3)6-8(14)10-2/h5H,4,6H2,1-3H3,(H,10,14)(H,11,12). The highest BCUT2D eigenvalue weighted by Crippen LogP contribution is 2.11. The average molecular weight is 260 g/mol. The van der Waals surface area contributed by atoms with E-state index in [0.717, 1.165) is 4.31 Å². The van der Waals surface area contributed by atoms with Crippen LogP contribution in [0.15, 0.2) is 11.2 Å². The lowest BCUT2D eigenvalue weighted by Gasteiger charge is -2.14. The number of nitrogens with one attached hydrogen (secondary N) is 2. The Balaban J connectivity index is 2.90. The maximum absolute atomic E-state index is 12.0. The van der Waals surface area contributed by atoms with Gasteiger partial charge in [0.15, 0.2) is 5.03 Å². The maximum Gasteiger partial charge on any atom is 0.260 e. The van der Waals surface area contributed by atoms with E-state index in [1.807, 2.05) is 6.92 Å². The van der Waals surface area contributed by atoms with Gasteiger partial charge < -0.3 is 10.3 Å². The van der Waals surface area contributed by atoms with Crippen LogP contribution >= 0.6 is 0 Å². The van der Waals surface area contributed by atoms with Gasteiger partial charge in [0.05, 0.1) is 12.7 Å². The summed E-state index contributed by atoms with van der Waals surface area (Å²) in [6.07, 6.45) is 1.88. The Morgan fingerprint density at radius 2 is 2.24 bits per heavy atom. The van der Waals surface area contributed by atoms with Crippen LogP contribution in [0.2, 0.25) is 0 Å². The van der Waals surface area contributed by atoms with Gasteiger partial charge in [0.25, 0.3) is 10.0 Å². The summed E-state index contributed by atoms with van der Waals surface area (Å²) in [6.45, 7) is 1.64. The number of likely N-dealkylation sites (N-methyl/N-ethyl adjacent to an activating group) is 2. The molecule has 0 aliphatic heterocycles. The van der Waals surface area contributed by atoms with Crippen LogP contribution in [0, 0.1) is 0 Å². The zero-order valence-electron chi connectivity index (χ0n) is 10.0. The molecule has 0 radical (unpaired) electrons. The van der Waals surface area contributed by atoms with Crippen LogP contribution in [-0.4, -0.2) is 49.2 Å². The lowest BCUT2D eigenvalue weighted by molar-refractivity contribution is -0.120. The summed E-state index contributed by atoms with van der Waals surface area (Å²) in [4.78, 5) is 17.7. The van der Waals surface area contributed by atoms with Gasteiger partial charge in [-0.25, -0.2) is 13.4 Å². The fourth-order valence-electron chi connectivity index (χ4n) is 1.19. The average Bonchev–Trinajstić information content (AvgIpc) is 2.77. The van der Waals surface area contributed by atoms with E-state index in [2.05, 4.69) is 15.3 Å². The van der Waals surface area contributed by atoms with Gasteiger partial charge in [-0.2, -0.15) is 4.31 Å². The second-order valence-electron chi connectivity index (χ2n) is 3.48. The number of aromatic amines is 1. The van der Waals surface area contributed by atoms with E-state index in [1.54, 1.807) is 0 Å². The van der Waals surface area contributed by atoms with Crippen molar-refractivity contribution in [2.75, 3.05) is 20.6 Å². The van der Waals surface area contributed by atoms with Crippen LogP contribution in [0.1, 0.15) is 12.7 Å². The molecule has 1 heterocycles. The molecule has 7 nitrogen and oxygen atoms in total. The van der Waals surface area contributed by atoms with Gasteiger partial charge in [-0.05, 0) is 0 Å². The van der Waals surface area contributed by atoms with Gasteiger partial charge in [0.2, 0.25) is 5.91 Å². The van der Waals surface area contributed by atoms with Crippen molar-refractivity contribution in [3.8, 4) is 0 Å². The smallest absolute Gasteiger partial charge is 0.260 e. The van der Waals surface area contributed by atoms with Crippen LogP contribution in [-0.2, 0) is 21.2 Å². The van der Waals surface area contributed by atoms with Crippen molar-refractivity contribution in [1.29, 1.82) is 0 Å². The second-order valence-corrected chi connectivity index (χ2v) is 5.50. The number of H-pyrrole nitrogens is 1. The van der Waals surface area contributed by atoms with Gasteiger partial charge in [-0.1, -0.05) is 6.92 Å². The van der Waals surface area contributed by atoms with Crippen LogP contribution in [0.25, 0.3) is 0 Å². The number of nitrogens with zero attached hydrogens (tertiary/aromatic N) is 2. The van der Waals surface area contributed by atoms with Crippen LogP contribution in [0.5, 0.6) is 0 Å². The number of carbonyl (C=O) groups excluding carboxylic acids is 1. The van der Waals surface area contributed by atoms with E-state index in [-0.39, 0.29) is 17.5 Å². The summed E-state index contributed by atoms with van der Waals surface area (Å²) in [6, 6.07) is 0. The van der Waals surface area contributed by atoms with E-state index in [9.17, 15) is 13.2 Å². The SMILES string of the molecule is CCc1ncc(S(=O)(=O)N(C)CC(=O)NC)[nH]1. The van der Waals surface area contributed by atoms with Crippen molar-refractivity contribution in [2.24, 2.45) is 0 Å². The maximum atomic E-state index is 12.0. The molecule has 1 aromatic heterocycles. The largest absolute Gasteiger partial charge is 0.358 e. The lowest BCUT2D eigenvalue weighted by Crippen LogP contribution is -2.37. The van der Waals surface area contributed by atoms with Gasteiger partial charge >= 0.3 is 0 Å². The number of imidazole rings is 1. The number of hydrogen-bond donors (Lipinski definition) is 2. The molecule has 17 heavy (non-hydrogen) atoms. The van der Waals surface area contributed by atoms with Gasteiger partial charge in [-0.15, -0.1) is 0 Å². The fraction of sp³-hybridized carbons (Fsp3) is 0.556. The lowest BCUT2D eigenvalue weighted by atomic mass is 10.5.